The zero-order chi connectivity index (χ0) is 22.1. The zero-order valence-corrected chi connectivity index (χ0v) is 19.7. The summed E-state index contributed by atoms with van der Waals surface area (Å²) in [4.78, 5) is 29.3. The number of thioether (sulfide) groups is 1. The van der Waals surface area contributed by atoms with Crippen LogP contribution < -0.4 is 0 Å². The van der Waals surface area contributed by atoms with Crippen LogP contribution in [0.5, 0.6) is 0 Å². The van der Waals surface area contributed by atoms with Crippen LogP contribution >= 0.6 is 23.4 Å². The Morgan fingerprint density at radius 2 is 1.39 bits per heavy atom. The summed E-state index contributed by atoms with van der Waals surface area (Å²) >= 11 is 7.40. The van der Waals surface area contributed by atoms with E-state index in [0.29, 0.717) is 22.0 Å². The third kappa shape index (κ3) is 6.47. The van der Waals surface area contributed by atoms with Gasteiger partial charge in [-0.3, -0.25) is 14.5 Å². The fourth-order valence-corrected chi connectivity index (χ4v) is 4.89. The molecule has 0 radical (unpaired) electrons. The zero-order valence-electron chi connectivity index (χ0n) is 18.1. The molecule has 5 heteroatoms. The Balaban J connectivity index is 1.68. The summed E-state index contributed by atoms with van der Waals surface area (Å²) in [6.07, 6.45) is 9.41. The highest BCUT2D eigenvalue weighted by Gasteiger charge is 2.39. The Bertz CT molecular complexity index is 909. The van der Waals surface area contributed by atoms with Gasteiger partial charge in [0.1, 0.15) is 0 Å². The SMILES string of the molecule is CCCCCCCCCCN1C(=O)C(Sc2ccccc2)=C(c2ccc(Cl)cc2)C1=O. The lowest BCUT2D eigenvalue weighted by Crippen LogP contribution is -2.32. The molecule has 164 valence electrons. The molecule has 0 N–H and O–H groups in total. The number of unbranched alkanes of at least 4 members (excludes halogenated alkanes) is 7. The highest BCUT2D eigenvalue weighted by atomic mass is 35.5. The molecule has 0 atom stereocenters. The topological polar surface area (TPSA) is 37.4 Å². The summed E-state index contributed by atoms with van der Waals surface area (Å²) in [5.74, 6) is -0.388. The van der Waals surface area contributed by atoms with Gasteiger partial charge in [-0.1, -0.05) is 106 Å². The van der Waals surface area contributed by atoms with Crippen molar-refractivity contribution in [1.29, 1.82) is 0 Å². The molecule has 0 aliphatic carbocycles. The maximum atomic E-state index is 13.2. The van der Waals surface area contributed by atoms with E-state index in [4.69, 9.17) is 11.6 Å². The van der Waals surface area contributed by atoms with Crippen LogP contribution in [0, 0.1) is 0 Å². The van der Waals surface area contributed by atoms with Gasteiger partial charge < -0.3 is 0 Å². The maximum absolute atomic E-state index is 13.2. The molecule has 3 nitrogen and oxygen atoms in total. The lowest BCUT2D eigenvalue weighted by Gasteiger charge is -2.15. The predicted octanol–water partition coefficient (Wildman–Crippen LogP) is 7.35. The van der Waals surface area contributed by atoms with Crippen molar-refractivity contribution in [2.45, 2.75) is 63.2 Å². The van der Waals surface area contributed by atoms with Gasteiger partial charge in [-0.05, 0) is 36.2 Å². The van der Waals surface area contributed by atoms with Crippen LogP contribution in [0.15, 0.2) is 64.4 Å². The molecular formula is C26H30ClNO2S. The van der Waals surface area contributed by atoms with Crippen molar-refractivity contribution in [3.63, 3.8) is 0 Å². The second-order valence-electron chi connectivity index (χ2n) is 7.86. The smallest absolute Gasteiger partial charge is 0.268 e. The molecule has 1 aliphatic rings. The van der Waals surface area contributed by atoms with Gasteiger partial charge in [0.05, 0.1) is 10.5 Å². The van der Waals surface area contributed by atoms with Gasteiger partial charge in [-0.15, -0.1) is 0 Å². The highest BCUT2D eigenvalue weighted by Crippen LogP contribution is 2.39. The number of imide groups is 1. The molecular weight excluding hydrogens is 426 g/mol. The summed E-state index contributed by atoms with van der Waals surface area (Å²) in [5.41, 5.74) is 1.22. The van der Waals surface area contributed by atoms with E-state index in [0.717, 1.165) is 29.7 Å². The minimum Gasteiger partial charge on any atom is -0.274 e. The maximum Gasteiger partial charge on any atom is 0.268 e. The second kappa shape index (κ2) is 12.1. The van der Waals surface area contributed by atoms with Crippen molar-refractivity contribution < 1.29 is 9.59 Å². The number of carbonyl (C=O) groups excluding carboxylic acids is 2. The Kier molecular flexibility index (Phi) is 9.23. The Morgan fingerprint density at radius 1 is 0.774 bits per heavy atom. The van der Waals surface area contributed by atoms with E-state index in [9.17, 15) is 9.59 Å². The van der Waals surface area contributed by atoms with Crippen LogP contribution in [0.25, 0.3) is 5.57 Å². The molecule has 0 spiro atoms. The third-order valence-corrected chi connectivity index (χ3v) is 6.80. The molecule has 0 saturated carbocycles. The molecule has 2 aromatic rings. The van der Waals surface area contributed by atoms with Gasteiger partial charge >= 0.3 is 0 Å². The van der Waals surface area contributed by atoms with Crippen molar-refractivity contribution in [3.8, 4) is 0 Å². The van der Waals surface area contributed by atoms with Crippen LogP contribution in [-0.4, -0.2) is 23.3 Å². The highest BCUT2D eigenvalue weighted by molar-refractivity contribution is 8.04. The van der Waals surface area contributed by atoms with Gasteiger partial charge in [0.15, 0.2) is 0 Å². The lowest BCUT2D eigenvalue weighted by molar-refractivity contribution is -0.136. The van der Waals surface area contributed by atoms with E-state index in [1.807, 2.05) is 42.5 Å². The Morgan fingerprint density at radius 3 is 2.03 bits per heavy atom. The van der Waals surface area contributed by atoms with Crippen molar-refractivity contribution >= 4 is 40.8 Å². The number of benzene rings is 2. The summed E-state index contributed by atoms with van der Waals surface area (Å²) in [6.45, 7) is 2.70. The van der Waals surface area contributed by atoms with E-state index in [1.165, 1.54) is 48.8 Å². The monoisotopic (exact) mass is 455 g/mol. The number of amides is 2. The number of rotatable bonds is 12. The summed E-state index contributed by atoms with van der Waals surface area (Å²) in [7, 11) is 0. The average molecular weight is 456 g/mol. The number of carbonyl (C=O) groups is 2. The fraction of sp³-hybridized carbons (Fsp3) is 0.385. The molecule has 3 rings (SSSR count). The standard InChI is InChI=1S/C26H30ClNO2S/c1-2-3-4-5-6-7-8-12-19-28-25(29)23(20-15-17-21(27)18-16-20)24(26(28)30)31-22-13-10-9-11-14-22/h9-11,13-18H,2-8,12,19H2,1H3. The number of hydrogen-bond acceptors (Lipinski definition) is 3. The predicted molar refractivity (Wildman–Crippen MR) is 130 cm³/mol. The normalized spacial score (nSPS) is 14.1. The van der Waals surface area contributed by atoms with Crippen LogP contribution in [0.3, 0.4) is 0 Å². The van der Waals surface area contributed by atoms with Crippen molar-refractivity contribution in [3.05, 3.63) is 70.1 Å². The first-order chi connectivity index (χ1) is 15.1. The first kappa shape index (κ1) is 23.6. The quantitative estimate of drug-likeness (QED) is 0.248. The largest absolute Gasteiger partial charge is 0.274 e. The summed E-state index contributed by atoms with van der Waals surface area (Å²) in [6, 6.07) is 16.9. The molecule has 2 aromatic carbocycles. The van der Waals surface area contributed by atoms with Crippen LogP contribution in [-0.2, 0) is 9.59 Å². The molecule has 0 fully saturated rings. The summed E-state index contributed by atoms with van der Waals surface area (Å²) < 4.78 is 0. The van der Waals surface area contributed by atoms with Gasteiger partial charge in [-0.2, -0.15) is 0 Å². The minimum absolute atomic E-state index is 0.188. The van der Waals surface area contributed by atoms with Crippen LogP contribution in [0.1, 0.15) is 63.9 Å². The Labute approximate surface area is 194 Å². The molecule has 2 amide bonds. The first-order valence-electron chi connectivity index (χ1n) is 11.2. The summed E-state index contributed by atoms with van der Waals surface area (Å²) in [5, 5.41) is 0.606. The van der Waals surface area contributed by atoms with Gasteiger partial charge in [0, 0.05) is 16.5 Å². The van der Waals surface area contributed by atoms with Gasteiger partial charge in [-0.25, -0.2) is 0 Å². The van der Waals surface area contributed by atoms with E-state index in [2.05, 4.69) is 6.92 Å². The van der Waals surface area contributed by atoms with Crippen LogP contribution in [0.4, 0.5) is 0 Å². The molecule has 0 aromatic heterocycles. The molecule has 0 saturated heterocycles. The van der Waals surface area contributed by atoms with Gasteiger partial charge in [0.25, 0.3) is 11.8 Å². The molecule has 0 unspecified atom stereocenters. The van der Waals surface area contributed by atoms with Crippen molar-refractivity contribution in [2.24, 2.45) is 0 Å². The van der Waals surface area contributed by atoms with E-state index >= 15 is 0 Å². The fourth-order valence-electron chi connectivity index (χ4n) is 3.73. The van der Waals surface area contributed by atoms with E-state index < -0.39 is 0 Å². The molecule has 31 heavy (non-hydrogen) atoms. The minimum atomic E-state index is -0.200. The third-order valence-electron chi connectivity index (χ3n) is 5.46. The van der Waals surface area contributed by atoms with E-state index in [1.54, 1.807) is 12.1 Å². The molecule has 1 heterocycles. The van der Waals surface area contributed by atoms with Crippen LogP contribution in [0.2, 0.25) is 5.02 Å². The van der Waals surface area contributed by atoms with Crippen molar-refractivity contribution in [1.82, 2.24) is 4.90 Å². The number of halogens is 1. The molecule has 0 bridgehead atoms. The van der Waals surface area contributed by atoms with Crippen molar-refractivity contribution in [2.75, 3.05) is 6.54 Å². The first-order valence-corrected chi connectivity index (χ1v) is 12.4. The number of hydrogen-bond donors (Lipinski definition) is 0. The average Bonchev–Trinajstić information content (AvgIpc) is 3.01. The van der Waals surface area contributed by atoms with E-state index in [-0.39, 0.29) is 11.8 Å². The Hall–Kier alpha value is -2.04. The lowest BCUT2D eigenvalue weighted by atomic mass is 10.1. The number of nitrogens with zero attached hydrogens (tertiary/aromatic N) is 1. The second-order valence-corrected chi connectivity index (χ2v) is 9.38. The molecule has 1 aliphatic heterocycles. The van der Waals surface area contributed by atoms with Gasteiger partial charge in [0.2, 0.25) is 0 Å².